The molecule has 0 radical (unpaired) electrons. The molecule has 18 heavy (non-hydrogen) atoms. The Morgan fingerprint density at radius 3 is 2.39 bits per heavy atom. The topological polar surface area (TPSA) is 46.3 Å². The minimum absolute atomic E-state index is 0.0847. The van der Waals surface area contributed by atoms with E-state index < -0.39 is 0 Å². The van der Waals surface area contributed by atoms with Crippen LogP contribution < -0.4 is 5.73 Å². The van der Waals surface area contributed by atoms with Crippen LogP contribution >= 0.6 is 11.3 Å². The van der Waals surface area contributed by atoms with Crippen LogP contribution in [0, 0.1) is 18.8 Å². The van der Waals surface area contributed by atoms with Crippen molar-refractivity contribution in [2.75, 3.05) is 13.6 Å². The Balaban J connectivity index is 2.80. The average molecular weight is 268 g/mol. The number of carbonyl (C=O) groups excluding carboxylic acids is 1. The van der Waals surface area contributed by atoms with Gasteiger partial charge in [-0.25, -0.2) is 0 Å². The molecule has 1 rings (SSSR count). The van der Waals surface area contributed by atoms with Gasteiger partial charge >= 0.3 is 0 Å². The molecule has 0 aliphatic heterocycles. The molecule has 1 amide bonds. The van der Waals surface area contributed by atoms with Crippen molar-refractivity contribution in [2.45, 2.75) is 33.7 Å². The molecule has 102 valence electrons. The van der Waals surface area contributed by atoms with Crippen molar-refractivity contribution in [3.05, 3.63) is 21.9 Å². The molecular formula is C14H24N2OS. The van der Waals surface area contributed by atoms with Gasteiger partial charge in [0.05, 0.1) is 12.0 Å². The number of carbonyl (C=O) groups is 1. The van der Waals surface area contributed by atoms with E-state index >= 15 is 0 Å². The molecule has 0 fully saturated rings. The molecule has 4 heteroatoms. The SMILES string of the molecule is Cc1ccc(C(C)N(C)C(=O)C(CN)C(C)C)s1. The van der Waals surface area contributed by atoms with E-state index in [1.165, 1.54) is 9.75 Å². The van der Waals surface area contributed by atoms with Crippen molar-refractivity contribution in [2.24, 2.45) is 17.6 Å². The molecule has 0 aliphatic carbocycles. The van der Waals surface area contributed by atoms with E-state index in [0.717, 1.165) is 0 Å². The lowest BCUT2D eigenvalue weighted by atomic mass is 9.94. The first-order chi connectivity index (χ1) is 8.38. The average Bonchev–Trinajstić information content (AvgIpc) is 2.74. The highest BCUT2D eigenvalue weighted by Gasteiger charge is 2.27. The van der Waals surface area contributed by atoms with Crippen LogP contribution in [0.4, 0.5) is 0 Å². The van der Waals surface area contributed by atoms with Gasteiger partial charge in [-0.3, -0.25) is 4.79 Å². The minimum atomic E-state index is -0.0847. The maximum absolute atomic E-state index is 12.4. The van der Waals surface area contributed by atoms with Crippen LogP contribution in [-0.2, 0) is 4.79 Å². The normalized spacial score (nSPS) is 14.6. The highest BCUT2D eigenvalue weighted by molar-refractivity contribution is 7.12. The first-order valence-electron chi connectivity index (χ1n) is 6.41. The van der Waals surface area contributed by atoms with Crippen LogP contribution in [0.1, 0.15) is 36.6 Å². The van der Waals surface area contributed by atoms with Crippen molar-refractivity contribution >= 4 is 17.2 Å². The molecule has 0 bridgehead atoms. The lowest BCUT2D eigenvalue weighted by Gasteiger charge is -2.29. The fourth-order valence-electron chi connectivity index (χ4n) is 1.98. The first kappa shape index (κ1) is 15.2. The number of hydrogen-bond donors (Lipinski definition) is 1. The molecule has 0 aliphatic rings. The van der Waals surface area contributed by atoms with Gasteiger partial charge in [0.1, 0.15) is 0 Å². The molecule has 0 saturated carbocycles. The Kier molecular flexibility index (Phi) is 5.35. The van der Waals surface area contributed by atoms with Gasteiger partial charge in [-0.05, 0) is 31.9 Å². The summed E-state index contributed by atoms with van der Waals surface area (Å²) in [5, 5.41) is 0. The smallest absolute Gasteiger partial charge is 0.227 e. The van der Waals surface area contributed by atoms with Gasteiger partial charge < -0.3 is 10.6 Å². The molecule has 1 heterocycles. The summed E-state index contributed by atoms with van der Waals surface area (Å²) in [5.41, 5.74) is 5.71. The Hall–Kier alpha value is -0.870. The van der Waals surface area contributed by atoms with Crippen LogP contribution in [0.2, 0.25) is 0 Å². The first-order valence-corrected chi connectivity index (χ1v) is 7.23. The van der Waals surface area contributed by atoms with Crippen LogP contribution in [0.3, 0.4) is 0 Å². The second-order valence-corrected chi connectivity index (χ2v) is 6.48. The molecule has 2 N–H and O–H groups in total. The van der Waals surface area contributed by atoms with Crippen LogP contribution in [0.5, 0.6) is 0 Å². The molecular weight excluding hydrogens is 244 g/mol. The Bertz CT molecular complexity index is 400. The van der Waals surface area contributed by atoms with Gasteiger partial charge in [0.15, 0.2) is 0 Å². The third kappa shape index (κ3) is 3.33. The molecule has 1 aromatic heterocycles. The van der Waals surface area contributed by atoms with Crippen molar-refractivity contribution < 1.29 is 4.79 Å². The van der Waals surface area contributed by atoms with E-state index in [2.05, 4.69) is 26.0 Å². The van der Waals surface area contributed by atoms with E-state index in [9.17, 15) is 4.79 Å². The summed E-state index contributed by atoms with van der Waals surface area (Å²) in [6.45, 7) is 8.65. The predicted octanol–water partition coefficient (Wildman–Crippen LogP) is 2.81. The molecule has 2 atom stereocenters. The summed E-state index contributed by atoms with van der Waals surface area (Å²) in [6.07, 6.45) is 0. The van der Waals surface area contributed by atoms with Crippen molar-refractivity contribution in [1.82, 2.24) is 4.90 Å². The third-order valence-corrected chi connectivity index (χ3v) is 4.65. The summed E-state index contributed by atoms with van der Waals surface area (Å²) in [5.74, 6) is 0.340. The van der Waals surface area contributed by atoms with Crippen LogP contribution in [0.15, 0.2) is 12.1 Å². The highest BCUT2D eigenvalue weighted by atomic mass is 32.1. The molecule has 0 aromatic carbocycles. The molecule has 0 spiro atoms. The number of hydrogen-bond acceptors (Lipinski definition) is 3. The fraction of sp³-hybridized carbons (Fsp3) is 0.643. The number of nitrogens with zero attached hydrogens (tertiary/aromatic N) is 1. The predicted molar refractivity (Wildman–Crippen MR) is 77.6 cm³/mol. The Labute approximate surface area is 114 Å². The lowest BCUT2D eigenvalue weighted by molar-refractivity contribution is -0.137. The third-order valence-electron chi connectivity index (χ3n) is 3.48. The van der Waals surface area contributed by atoms with E-state index in [-0.39, 0.29) is 23.8 Å². The van der Waals surface area contributed by atoms with E-state index in [4.69, 9.17) is 5.73 Å². The van der Waals surface area contributed by atoms with E-state index in [1.54, 1.807) is 11.3 Å². The van der Waals surface area contributed by atoms with Gasteiger partial charge in [-0.1, -0.05) is 13.8 Å². The van der Waals surface area contributed by atoms with Gasteiger partial charge in [0.2, 0.25) is 5.91 Å². The van der Waals surface area contributed by atoms with Gasteiger partial charge in [-0.2, -0.15) is 0 Å². The maximum atomic E-state index is 12.4. The Morgan fingerprint density at radius 1 is 1.39 bits per heavy atom. The quantitative estimate of drug-likeness (QED) is 0.892. The Morgan fingerprint density at radius 2 is 2.00 bits per heavy atom. The standard InChI is InChI=1S/C14H24N2OS/c1-9(2)12(8-15)14(17)16(5)11(4)13-7-6-10(3)18-13/h6-7,9,11-12H,8,15H2,1-5H3. The fourth-order valence-corrected chi connectivity index (χ4v) is 2.95. The number of rotatable bonds is 5. The van der Waals surface area contributed by atoms with E-state index in [0.29, 0.717) is 6.54 Å². The highest BCUT2D eigenvalue weighted by Crippen LogP contribution is 2.28. The molecule has 1 aromatic rings. The number of aryl methyl sites for hydroxylation is 1. The second kappa shape index (κ2) is 6.34. The number of amides is 1. The number of nitrogens with two attached hydrogens (primary N) is 1. The van der Waals surface area contributed by atoms with Crippen LogP contribution in [-0.4, -0.2) is 24.4 Å². The summed E-state index contributed by atoms with van der Waals surface area (Å²) in [4.78, 5) is 16.7. The summed E-state index contributed by atoms with van der Waals surface area (Å²) >= 11 is 1.74. The zero-order valence-corrected chi connectivity index (χ0v) is 12.8. The van der Waals surface area contributed by atoms with Gasteiger partial charge in [0, 0.05) is 23.3 Å². The summed E-state index contributed by atoms with van der Waals surface area (Å²) in [6, 6.07) is 4.31. The zero-order chi connectivity index (χ0) is 13.9. The summed E-state index contributed by atoms with van der Waals surface area (Å²) in [7, 11) is 1.87. The van der Waals surface area contributed by atoms with Crippen molar-refractivity contribution in [3.8, 4) is 0 Å². The molecule has 2 unspecified atom stereocenters. The maximum Gasteiger partial charge on any atom is 0.227 e. The monoisotopic (exact) mass is 268 g/mol. The van der Waals surface area contributed by atoms with E-state index in [1.807, 2.05) is 25.8 Å². The second-order valence-electron chi connectivity index (χ2n) is 5.16. The summed E-state index contributed by atoms with van der Waals surface area (Å²) < 4.78 is 0. The molecule has 0 saturated heterocycles. The zero-order valence-electron chi connectivity index (χ0n) is 11.9. The minimum Gasteiger partial charge on any atom is -0.338 e. The van der Waals surface area contributed by atoms with Crippen molar-refractivity contribution in [3.63, 3.8) is 0 Å². The largest absolute Gasteiger partial charge is 0.338 e. The van der Waals surface area contributed by atoms with Gasteiger partial charge in [-0.15, -0.1) is 11.3 Å². The number of thiophene rings is 1. The molecule has 3 nitrogen and oxygen atoms in total. The lowest BCUT2D eigenvalue weighted by Crippen LogP contribution is -2.40. The van der Waals surface area contributed by atoms with Crippen LogP contribution in [0.25, 0.3) is 0 Å². The van der Waals surface area contributed by atoms with Crippen molar-refractivity contribution in [1.29, 1.82) is 0 Å². The van der Waals surface area contributed by atoms with Gasteiger partial charge in [0.25, 0.3) is 0 Å².